The number of thiophene rings is 1. The molecule has 3 heterocycles. The first-order valence-electron chi connectivity index (χ1n) is 8.47. The van der Waals surface area contributed by atoms with E-state index in [1.54, 1.807) is 17.5 Å². The Morgan fingerprint density at radius 3 is 2.88 bits per heavy atom. The average Bonchev–Trinajstić information content (AvgIpc) is 3.28. The van der Waals surface area contributed by atoms with Gasteiger partial charge in [-0.25, -0.2) is 5.10 Å². The zero-order chi connectivity index (χ0) is 18.1. The highest BCUT2D eigenvalue weighted by atomic mass is 32.1. The van der Waals surface area contributed by atoms with E-state index in [4.69, 9.17) is 0 Å². The Morgan fingerprint density at radius 1 is 1.27 bits per heavy atom. The Hall–Kier alpha value is -2.93. The number of amides is 1. The summed E-state index contributed by atoms with van der Waals surface area (Å²) in [7, 11) is 0. The molecule has 0 aliphatic rings. The number of fused-ring (bicyclic) bond motifs is 3. The Morgan fingerprint density at radius 2 is 2.12 bits per heavy atom. The van der Waals surface area contributed by atoms with Crippen LogP contribution in [0, 0.1) is 0 Å². The molecule has 26 heavy (non-hydrogen) atoms. The molecule has 0 spiro atoms. The van der Waals surface area contributed by atoms with Crippen molar-refractivity contribution in [2.75, 3.05) is 0 Å². The summed E-state index contributed by atoms with van der Waals surface area (Å²) >= 11 is 1.60. The Balaban J connectivity index is 1.82. The minimum absolute atomic E-state index is 0.0974. The summed E-state index contributed by atoms with van der Waals surface area (Å²) in [5.74, 6) is -0.0974. The lowest BCUT2D eigenvalue weighted by atomic mass is 10.2. The van der Waals surface area contributed by atoms with Gasteiger partial charge in [0.15, 0.2) is 0 Å². The quantitative estimate of drug-likeness (QED) is 0.569. The van der Waals surface area contributed by atoms with Crippen LogP contribution >= 0.6 is 11.3 Å². The van der Waals surface area contributed by atoms with Crippen LogP contribution in [0.5, 0.6) is 0 Å². The van der Waals surface area contributed by atoms with Crippen LogP contribution in [-0.4, -0.2) is 20.7 Å². The molecule has 1 aromatic carbocycles. The minimum atomic E-state index is -0.471. The second kappa shape index (κ2) is 6.76. The van der Waals surface area contributed by atoms with Crippen LogP contribution < -0.4 is 10.9 Å². The van der Waals surface area contributed by atoms with E-state index >= 15 is 0 Å². The number of H-pyrrole nitrogens is 1. The van der Waals surface area contributed by atoms with Gasteiger partial charge in [-0.15, -0.1) is 11.3 Å². The zero-order valence-corrected chi connectivity index (χ0v) is 15.0. The fraction of sp³-hybridized carbons (Fsp3) is 0.211. The number of aromatic nitrogens is 3. The maximum atomic E-state index is 12.9. The molecule has 0 fully saturated rings. The number of benzene rings is 1. The van der Waals surface area contributed by atoms with E-state index in [1.165, 1.54) is 0 Å². The zero-order valence-electron chi connectivity index (χ0n) is 14.2. The second-order valence-corrected chi connectivity index (χ2v) is 7.10. The van der Waals surface area contributed by atoms with Crippen LogP contribution in [-0.2, 0) is 11.3 Å². The van der Waals surface area contributed by atoms with Crippen LogP contribution in [0.4, 0.5) is 0 Å². The first-order valence-corrected chi connectivity index (χ1v) is 9.35. The van der Waals surface area contributed by atoms with Gasteiger partial charge in [0.25, 0.3) is 5.56 Å². The van der Waals surface area contributed by atoms with Crippen molar-refractivity contribution in [2.24, 2.45) is 0 Å². The van der Waals surface area contributed by atoms with Crippen molar-refractivity contribution < 1.29 is 4.79 Å². The minimum Gasteiger partial charge on any atom is -0.349 e. The van der Waals surface area contributed by atoms with Gasteiger partial charge in [-0.1, -0.05) is 31.2 Å². The van der Waals surface area contributed by atoms with E-state index in [-0.39, 0.29) is 11.5 Å². The molecule has 4 rings (SSSR count). The number of para-hydroxylation sites is 1. The first kappa shape index (κ1) is 16.5. The molecular formula is C19H18N4O2S. The number of hydrogen-bond donors (Lipinski definition) is 2. The van der Waals surface area contributed by atoms with Crippen molar-refractivity contribution in [3.8, 4) is 0 Å². The fourth-order valence-corrected chi connectivity index (χ4v) is 4.02. The molecule has 0 aliphatic carbocycles. The third-order valence-corrected chi connectivity index (χ3v) is 5.42. The molecule has 0 radical (unpaired) electrons. The molecule has 4 aromatic rings. The van der Waals surface area contributed by atoms with Gasteiger partial charge in [-0.2, -0.15) is 5.10 Å². The third-order valence-electron chi connectivity index (χ3n) is 4.54. The maximum absolute atomic E-state index is 12.9. The Kier molecular flexibility index (Phi) is 4.30. The van der Waals surface area contributed by atoms with Gasteiger partial charge < -0.3 is 9.88 Å². The van der Waals surface area contributed by atoms with Crippen LogP contribution in [0.25, 0.3) is 21.8 Å². The number of nitrogens with one attached hydrogen (secondary N) is 2. The highest BCUT2D eigenvalue weighted by Crippen LogP contribution is 2.30. The van der Waals surface area contributed by atoms with E-state index in [0.717, 1.165) is 21.2 Å². The molecule has 0 saturated heterocycles. The first-order chi connectivity index (χ1) is 12.7. The lowest BCUT2D eigenvalue weighted by Gasteiger charge is -2.19. The normalized spacial score (nSPS) is 12.5. The monoisotopic (exact) mass is 366 g/mol. The van der Waals surface area contributed by atoms with E-state index in [2.05, 4.69) is 15.5 Å². The number of carbonyl (C=O) groups is 1. The van der Waals surface area contributed by atoms with Gasteiger partial charge in [0.2, 0.25) is 5.91 Å². The average molecular weight is 366 g/mol. The van der Waals surface area contributed by atoms with Crippen molar-refractivity contribution in [1.82, 2.24) is 20.1 Å². The maximum Gasteiger partial charge on any atom is 0.288 e. The number of nitrogens with zero attached hydrogens (tertiary/aromatic N) is 2. The predicted octanol–water partition coefficient (Wildman–Crippen LogP) is 3.21. The third kappa shape index (κ3) is 2.70. The van der Waals surface area contributed by atoms with Gasteiger partial charge in [0.05, 0.1) is 18.3 Å². The number of rotatable bonds is 5. The van der Waals surface area contributed by atoms with E-state index in [1.807, 2.05) is 53.3 Å². The topological polar surface area (TPSA) is 79.8 Å². The molecule has 132 valence electrons. The summed E-state index contributed by atoms with van der Waals surface area (Å²) in [6.45, 7) is 2.44. The van der Waals surface area contributed by atoms with Crippen LogP contribution in [0.3, 0.4) is 0 Å². The van der Waals surface area contributed by atoms with Gasteiger partial charge >= 0.3 is 0 Å². The Bertz CT molecular complexity index is 1130. The largest absolute Gasteiger partial charge is 0.349 e. The van der Waals surface area contributed by atoms with Gasteiger partial charge in [0, 0.05) is 15.6 Å². The molecule has 0 aliphatic heterocycles. The lowest BCUT2D eigenvalue weighted by molar-refractivity contribution is -0.124. The standard InChI is InChI=1S/C19H18N4O2S/c1-2-15(18(24)20-10-12-6-5-9-26-12)23-16-8-4-3-7-13(16)14-11-21-22-19(25)17(14)23/h3-9,11,15H,2,10H2,1H3,(H,20,24)(H,22,25)/t15-/m0/s1. The molecule has 1 atom stereocenters. The smallest absolute Gasteiger partial charge is 0.288 e. The lowest BCUT2D eigenvalue weighted by Crippen LogP contribution is -2.32. The summed E-state index contributed by atoms with van der Waals surface area (Å²) < 4.78 is 1.84. The SMILES string of the molecule is CC[C@@H](C(=O)NCc1cccs1)n1c2ccccc2c2cn[nH]c(=O)c21. The second-order valence-electron chi connectivity index (χ2n) is 6.07. The van der Waals surface area contributed by atoms with Crippen LogP contribution in [0.2, 0.25) is 0 Å². The van der Waals surface area contributed by atoms with Crippen molar-refractivity contribution in [2.45, 2.75) is 25.9 Å². The molecule has 1 amide bonds. The molecule has 6 nitrogen and oxygen atoms in total. The summed E-state index contributed by atoms with van der Waals surface area (Å²) in [5.41, 5.74) is 1.06. The highest BCUT2D eigenvalue weighted by Gasteiger charge is 2.24. The van der Waals surface area contributed by atoms with Crippen molar-refractivity contribution >= 4 is 39.0 Å². The van der Waals surface area contributed by atoms with Gasteiger partial charge in [-0.05, 0) is 23.9 Å². The molecular weight excluding hydrogens is 348 g/mol. The fourth-order valence-electron chi connectivity index (χ4n) is 3.37. The summed E-state index contributed by atoms with van der Waals surface area (Å²) in [6, 6.07) is 11.2. The van der Waals surface area contributed by atoms with E-state index in [9.17, 15) is 9.59 Å². The van der Waals surface area contributed by atoms with E-state index < -0.39 is 6.04 Å². The summed E-state index contributed by atoms with van der Waals surface area (Å²) in [4.78, 5) is 26.5. The molecule has 0 saturated carbocycles. The predicted molar refractivity (Wildman–Crippen MR) is 103 cm³/mol. The molecule has 0 bridgehead atoms. The van der Waals surface area contributed by atoms with Crippen LogP contribution in [0.15, 0.2) is 52.8 Å². The Labute approximate surface area is 153 Å². The molecule has 0 unspecified atom stereocenters. The molecule has 2 N–H and O–H groups in total. The summed E-state index contributed by atoms with van der Waals surface area (Å²) in [5, 5.41) is 13.1. The van der Waals surface area contributed by atoms with Crippen molar-refractivity contribution in [3.05, 3.63) is 63.2 Å². The highest BCUT2D eigenvalue weighted by molar-refractivity contribution is 7.09. The molecule has 7 heteroatoms. The van der Waals surface area contributed by atoms with Crippen molar-refractivity contribution in [3.63, 3.8) is 0 Å². The van der Waals surface area contributed by atoms with E-state index in [0.29, 0.717) is 18.5 Å². The number of hydrogen-bond acceptors (Lipinski definition) is 4. The van der Waals surface area contributed by atoms with Gasteiger partial charge in [-0.3, -0.25) is 9.59 Å². The number of carbonyl (C=O) groups excluding carboxylic acids is 1. The summed E-state index contributed by atoms with van der Waals surface area (Å²) in [6.07, 6.45) is 2.22. The van der Waals surface area contributed by atoms with Crippen molar-refractivity contribution in [1.29, 1.82) is 0 Å². The number of aromatic amines is 1. The van der Waals surface area contributed by atoms with Gasteiger partial charge in [0.1, 0.15) is 11.6 Å². The molecule has 3 aromatic heterocycles. The van der Waals surface area contributed by atoms with Crippen LogP contribution in [0.1, 0.15) is 24.3 Å².